The van der Waals surface area contributed by atoms with Gasteiger partial charge in [0.05, 0.1) is 5.75 Å². The van der Waals surface area contributed by atoms with Crippen molar-refractivity contribution in [2.24, 2.45) is 0 Å². The lowest BCUT2D eigenvalue weighted by atomic mass is 10.1. The Hall–Kier alpha value is -1.87. The van der Waals surface area contributed by atoms with Gasteiger partial charge in [-0.15, -0.1) is 23.1 Å². The molecule has 0 unspecified atom stereocenters. The summed E-state index contributed by atoms with van der Waals surface area (Å²) in [5.74, 6) is 0.405. The van der Waals surface area contributed by atoms with E-state index in [1.165, 1.54) is 32.8 Å². The molecule has 4 rings (SSSR count). The minimum Gasteiger partial charge on any atom is -0.339 e. The van der Waals surface area contributed by atoms with E-state index in [2.05, 4.69) is 24.3 Å². The molecule has 0 spiro atoms. The van der Waals surface area contributed by atoms with Crippen molar-refractivity contribution in [2.75, 3.05) is 31.9 Å². The lowest BCUT2D eigenvalue weighted by molar-refractivity contribution is -0.129. The number of thiophene rings is 1. The minimum absolute atomic E-state index is 0.0483. The average molecular weight is 447 g/mol. The number of fused-ring (bicyclic) bond motifs is 1. The smallest absolute Gasteiger partial charge is 0.252 e. The van der Waals surface area contributed by atoms with E-state index >= 15 is 0 Å². The van der Waals surface area contributed by atoms with Gasteiger partial charge in [-0.3, -0.25) is 4.79 Å². The summed E-state index contributed by atoms with van der Waals surface area (Å²) in [6.45, 7) is 3.44. The van der Waals surface area contributed by atoms with E-state index in [4.69, 9.17) is 0 Å². The molecule has 152 valence electrons. The second-order valence-corrected chi connectivity index (χ2v) is 11.4. The maximum atomic E-state index is 12.7. The van der Waals surface area contributed by atoms with Crippen molar-refractivity contribution < 1.29 is 13.2 Å². The maximum absolute atomic E-state index is 12.7. The maximum Gasteiger partial charge on any atom is 0.252 e. The number of carbonyl (C=O) groups is 1. The van der Waals surface area contributed by atoms with Crippen LogP contribution in [0, 0.1) is 6.92 Å². The van der Waals surface area contributed by atoms with Gasteiger partial charge >= 0.3 is 0 Å². The standard InChI is InChI=1S/C21H22N2O3S3/c1-16-6-9-21(28-16)29(25,26)23-12-10-22(11-13-23)20(24)15-27-19-8-7-17-4-2-3-5-18(17)14-19/h2-9,14H,10-13,15H2,1H3. The zero-order valence-corrected chi connectivity index (χ0v) is 18.5. The first kappa shape index (κ1) is 20.4. The first-order chi connectivity index (χ1) is 13.9. The van der Waals surface area contributed by atoms with E-state index in [1.54, 1.807) is 11.0 Å². The zero-order valence-electron chi connectivity index (χ0n) is 16.1. The van der Waals surface area contributed by atoms with Crippen LogP contribution in [0.5, 0.6) is 0 Å². The predicted octanol–water partition coefficient (Wildman–Crippen LogP) is 3.83. The molecule has 1 aliphatic rings. The van der Waals surface area contributed by atoms with Crippen molar-refractivity contribution >= 4 is 49.8 Å². The molecule has 2 aromatic carbocycles. The molecule has 1 saturated heterocycles. The van der Waals surface area contributed by atoms with Gasteiger partial charge in [0, 0.05) is 36.0 Å². The summed E-state index contributed by atoms with van der Waals surface area (Å²) in [6, 6.07) is 17.8. The highest BCUT2D eigenvalue weighted by atomic mass is 32.2. The number of rotatable bonds is 5. The quantitative estimate of drug-likeness (QED) is 0.559. The van der Waals surface area contributed by atoms with Crippen LogP contribution in [0.3, 0.4) is 0 Å². The zero-order chi connectivity index (χ0) is 20.4. The minimum atomic E-state index is -3.46. The van der Waals surface area contributed by atoms with Crippen molar-refractivity contribution in [3.05, 3.63) is 59.5 Å². The SMILES string of the molecule is Cc1ccc(S(=O)(=O)N2CCN(C(=O)CSc3ccc4ccccc4c3)CC2)s1. The van der Waals surface area contributed by atoms with Gasteiger partial charge in [0.2, 0.25) is 5.91 Å². The molecule has 8 heteroatoms. The van der Waals surface area contributed by atoms with Gasteiger partial charge in [0.1, 0.15) is 4.21 Å². The molecule has 0 bridgehead atoms. The van der Waals surface area contributed by atoms with E-state index in [1.807, 2.05) is 31.2 Å². The molecule has 29 heavy (non-hydrogen) atoms. The van der Waals surface area contributed by atoms with E-state index in [-0.39, 0.29) is 5.91 Å². The molecule has 1 aromatic heterocycles. The first-order valence-corrected chi connectivity index (χ1v) is 12.6. The van der Waals surface area contributed by atoms with Crippen molar-refractivity contribution in [3.63, 3.8) is 0 Å². The molecule has 0 radical (unpaired) electrons. The largest absolute Gasteiger partial charge is 0.339 e. The Bertz CT molecular complexity index is 1130. The molecule has 1 fully saturated rings. The van der Waals surface area contributed by atoms with Crippen LogP contribution in [0.4, 0.5) is 0 Å². The van der Waals surface area contributed by atoms with Crippen LogP contribution in [0.1, 0.15) is 4.88 Å². The number of carbonyl (C=O) groups excluding carboxylic acids is 1. The Morgan fingerprint density at radius 2 is 1.72 bits per heavy atom. The molecule has 0 N–H and O–H groups in total. The predicted molar refractivity (Wildman–Crippen MR) is 119 cm³/mol. The molecule has 2 heterocycles. The highest BCUT2D eigenvalue weighted by Crippen LogP contribution is 2.26. The van der Waals surface area contributed by atoms with Crippen LogP contribution >= 0.6 is 23.1 Å². The highest BCUT2D eigenvalue weighted by molar-refractivity contribution is 8.00. The lowest BCUT2D eigenvalue weighted by Crippen LogP contribution is -2.50. The van der Waals surface area contributed by atoms with Gasteiger partial charge in [-0.2, -0.15) is 4.31 Å². The molecule has 0 atom stereocenters. The van der Waals surface area contributed by atoms with Gasteiger partial charge in [0.15, 0.2) is 0 Å². The highest BCUT2D eigenvalue weighted by Gasteiger charge is 2.30. The Labute approximate surface area is 179 Å². The molecule has 0 aliphatic carbocycles. The Morgan fingerprint density at radius 3 is 2.41 bits per heavy atom. The summed E-state index contributed by atoms with van der Waals surface area (Å²) in [4.78, 5) is 16.4. The van der Waals surface area contributed by atoms with Gasteiger partial charge < -0.3 is 4.90 Å². The number of amides is 1. The van der Waals surface area contributed by atoms with Gasteiger partial charge in [-0.25, -0.2) is 8.42 Å². The molecular weight excluding hydrogens is 424 g/mol. The molecule has 0 saturated carbocycles. The van der Waals surface area contributed by atoms with Crippen LogP contribution in [0.15, 0.2) is 63.7 Å². The average Bonchev–Trinajstić information content (AvgIpc) is 3.19. The fourth-order valence-electron chi connectivity index (χ4n) is 3.35. The van der Waals surface area contributed by atoms with Crippen LogP contribution < -0.4 is 0 Å². The third kappa shape index (κ3) is 4.50. The number of hydrogen-bond donors (Lipinski definition) is 0. The third-order valence-corrected chi connectivity index (χ3v) is 9.33. The van der Waals surface area contributed by atoms with E-state index in [0.717, 1.165) is 15.2 Å². The number of aryl methyl sites for hydroxylation is 1. The third-order valence-electron chi connectivity index (χ3n) is 4.98. The van der Waals surface area contributed by atoms with Crippen molar-refractivity contribution in [3.8, 4) is 0 Å². The Morgan fingerprint density at radius 1 is 1.00 bits per heavy atom. The van der Waals surface area contributed by atoms with Crippen molar-refractivity contribution in [2.45, 2.75) is 16.0 Å². The second-order valence-electron chi connectivity index (χ2n) is 6.95. The topological polar surface area (TPSA) is 57.7 Å². The Kier molecular flexibility index (Phi) is 5.96. The van der Waals surface area contributed by atoms with Gasteiger partial charge in [0.25, 0.3) is 10.0 Å². The fraction of sp³-hybridized carbons (Fsp3) is 0.286. The molecule has 1 amide bonds. The molecule has 1 aliphatic heterocycles. The second kappa shape index (κ2) is 8.47. The van der Waals surface area contributed by atoms with Gasteiger partial charge in [-0.1, -0.05) is 30.3 Å². The van der Waals surface area contributed by atoms with Crippen LogP contribution in [-0.4, -0.2) is 55.5 Å². The number of piperazine rings is 1. The normalized spacial score (nSPS) is 15.7. The van der Waals surface area contributed by atoms with E-state index in [9.17, 15) is 13.2 Å². The number of thioether (sulfide) groups is 1. The van der Waals surface area contributed by atoms with Crippen LogP contribution in [0.2, 0.25) is 0 Å². The van der Waals surface area contributed by atoms with E-state index < -0.39 is 10.0 Å². The van der Waals surface area contributed by atoms with Crippen LogP contribution in [-0.2, 0) is 14.8 Å². The van der Waals surface area contributed by atoms with Crippen molar-refractivity contribution in [1.82, 2.24) is 9.21 Å². The molecule has 5 nitrogen and oxygen atoms in total. The summed E-state index contributed by atoms with van der Waals surface area (Å²) in [6.07, 6.45) is 0. The summed E-state index contributed by atoms with van der Waals surface area (Å²) in [5, 5.41) is 2.34. The lowest BCUT2D eigenvalue weighted by Gasteiger charge is -2.33. The number of benzene rings is 2. The summed E-state index contributed by atoms with van der Waals surface area (Å²) in [7, 11) is -3.46. The summed E-state index contributed by atoms with van der Waals surface area (Å²) >= 11 is 2.81. The number of sulfonamides is 1. The van der Waals surface area contributed by atoms with Gasteiger partial charge in [-0.05, 0) is 42.0 Å². The summed E-state index contributed by atoms with van der Waals surface area (Å²) in [5.41, 5.74) is 0. The monoisotopic (exact) mass is 446 g/mol. The summed E-state index contributed by atoms with van der Waals surface area (Å²) < 4.78 is 27.3. The molecule has 3 aromatic rings. The van der Waals surface area contributed by atoms with Crippen molar-refractivity contribution in [1.29, 1.82) is 0 Å². The van der Waals surface area contributed by atoms with E-state index in [0.29, 0.717) is 36.1 Å². The van der Waals surface area contributed by atoms with Crippen LogP contribution in [0.25, 0.3) is 10.8 Å². The first-order valence-electron chi connectivity index (χ1n) is 9.39. The number of hydrogen-bond acceptors (Lipinski definition) is 5. The number of nitrogens with zero attached hydrogens (tertiary/aromatic N) is 2. The molecular formula is C21H22N2O3S3. The fourth-order valence-corrected chi connectivity index (χ4v) is 7.06. The Balaban J connectivity index is 1.33.